The first-order valence-electron chi connectivity index (χ1n) is 5.91. The van der Waals surface area contributed by atoms with Gasteiger partial charge < -0.3 is 9.26 Å². The zero-order valence-corrected chi connectivity index (χ0v) is 11.6. The fourth-order valence-electron chi connectivity index (χ4n) is 1.44. The molecule has 2 aromatic rings. The first-order valence-corrected chi connectivity index (χ1v) is 6.44. The van der Waals surface area contributed by atoms with Gasteiger partial charge in [0.25, 0.3) is 0 Å². The highest BCUT2D eigenvalue weighted by atomic mass is 35.5. The molecule has 1 aromatic carbocycles. The lowest BCUT2D eigenvalue weighted by molar-refractivity contribution is -0.159. The van der Waals surface area contributed by atoms with E-state index in [-0.39, 0.29) is 18.3 Å². The largest absolute Gasteiger partial charge is 0.471 e. The molecule has 1 amide bonds. The van der Waals surface area contributed by atoms with Crippen LogP contribution in [0.3, 0.4) is 0 Å². The van der Waals surface area contributed by atoms with Crippen molar-refractivity contribution in [2.75, 3.05) is 17.8 Å². The monoisotopic (exact) mass is 335 g/mol. The van der Waals surface area contributed by atoms with Crippen molar-refractivity contribution < 1.29 is 27.2 Å². The van der Waals surface area contributed by atoms with E-state index < -0.39 is 18.2 Å². The zero-order valence-electron chi connectivity index (χ0n) is 10.9. The lowest BCUT2D eigenvalue weighted by Gasteiger charge is -2.05. The van der Waals surface area contributed by atoms with Crippen molar-refractivity contribution in [1.82, 2.24) is 10.1 Å². The quantitative estimate of drug-likeness (QED) is 0.865. The first-order chi connectivity index (χ1) is 10.4. The Kier molecular flexibility index (Phi) is 4.86. The summed E-state index contributed by atoms with van der Waals surface area (Å²) in [4.78, 5) is 14.5. The van der Waals surface area contributed by atoms with Crippen LogP contribution in [0.1, 0.15) is 5.89 Å². The van der Waals surface area contributed by atoms with Crippen molar-refractivity contribution in [3.05, 3.63) is 30.2 Å². The van der Waals surface area contributed by atoms with Gasteiger partial charge >= 0.3 is 18.2 Å². The van der Waals surface area contributed by atoms with Crippen molar-refractivity contribution in [3.63, 3.8) is 0 Å². The Morgan fingerprint density at radius 3 is 2.55 bits per heavy atom. The number of alkyl halides is 4. The summed E-state index contributed by atoms with van der Waals surface area (Å²) in [5.41, 5.74) is 0.696. The minimum atomic E-state index is -4.70. The summed E-state index contributed by atoms with van der Waals surface area (Å²) < 4.78 is 45.9. The van der Waals surface area contributed by atoms with E-state index in [2.05, 4.69) is 20.0 Å². The van der Waals surface area contributed by atoms with Gasteiger partial charge in [-0.15, -0.1) is 11.6 Å². The maximum absolute atomic E-state index is 12.4. The van der Waals surface area contributed by atoms with E-state index in [1.54, 1.807) is 0 Å². The third kappa shape index (κ3) is 4.10. The molecule has 2 rings (SSSR count). The molecule has 0 aliphatic rings. The summed E-state index contributed by atoms with van der Waals surface area (Å²) in [6.45, 7) is 0.0640. The number of rotatable bonds is 4. The molecule has 0 atom stereocenters. The molecule has 0 aliphatic heterocycles. The summed E-state index contributed by atoms with van der Waals surface area (Å²) in [7, 11) is 0. The number of amides is 1. The Hall–Kier alpha value is -2.29. The molecule has 6 nitrogen and oxygen atoms in total. The molecule has 0 saturated carbocycles. The summed E-state index contributed by atoms with van der Waals surface area (Å²) >= 11 is 5.36. The van der Waals surface area contributed by atoms with Gasteiger partial charge in [-0.2, -0.15) is 18.2 Å². The van der Waals surface area contributed by atoms with Crippen LogP contribution in [0, 0.1) is 0 Å². The molecule has 0 unspecified atom stereocenters. The summed E-state index contributed by atoms with van der Waals surface area (Å²) in [6, 6.07) is 5.78. The van der Waals surface area contributed by atoms with Crippen molar-refractivity contribution in [3.8, 4) is 11.4 Å². The number of hydrogen-bond donors (Lipinski definition) is 1. The van der Waals surface area contributed by atoms with Crippen LogP contribution < -0.4 is 5.32 Å². The van der Waals surface area contributed by atoms with Crippen molar-refractivity contribution in [1.29, 1.82) is 0 Å². The Balaban J connectivity index is 2.06. The van der Waals surface area contributed by atoms with E-state index in [1.165, 1.54) is 24.3 Å². The van der Waals surface area contributed by atoms with Crippen molar-refractivity contribution in [2.24, 2.45) is 0 Å². The molecular weight excluding hydrogens is 327 g/mol. The molecule has 118 valence electrons. The third-order valence-corrected chi connectivity index (χ3v) is 2.52. The van der Waals surface area contributed by atoms with Crippen molar-refractivity contribution in [2.45, 2.75) is 6.18 Å². The number of benzene rings is 1. The van der Waals surface area contributed by atoms with Gasteiger partial charge in [-0.1, -0.05) is 5.16 Å². The molecule has 0 radical (unpaired) electrons. The molecular formula is C12H9ClF3N3O3. The zero-order chi connectivity index (χ0) is 16.2. The average molecular weight is 336 g/mol. The summed E-state index contributed by atoms with van der Waals surface area (Å²) in [5.74, 6) is -1.45. The van der Waals surface area contributed by atoms with Crippen LogP contribution in [0.4, 0.5) is 23.7 Å². The second-order valence-corrected chi connectivity index (χ2v) is 4.33. The van der Waals surface area contributed by atoms with Crippen molar-refractivity contribution >= 4 is 23.4 Å². The number of nitrogens with one attached hydrogen (secondary N) is 1. The Bertz CT molecular complexity index is 643. The van der Waals surface area contributed by atoms with E-state index >= 15 is 0 Å². The van der Waals surface area contributed by atoms with E-state index in [1.807, 2.05) is 0 Å². The average Bonchev–Trinajstić information content (AvgIpc) is 2.96. The Morgan fingerprint density at radius 1 is 1.32 bits per heavy atom. The number of hydrogen-bond acceptors (Lipinski definition) is 5. The van der Waals surface area contributed by atoms with Crippen LogP contribution in [0.25, 0.3) is 11.4 Å². The van der Waals surface area contributed by atoms with E-state index in [0.29, 0.717) is 11.3 Å². The molecule has 10 heteroatoms. The van der Waals surface area contributed by atoms with Crippen LogP contribution in [-0.2, 0) is 10.9 Å². The third-order valence-electron chi connectivity index (χ3n) is 2.37. The SMILES string of the molecule is O=C(Nc1ccc(-c2noc(C(F)(F)F)n2)cc1)OCCCl. The summed E-state index contributed by atoms with van der Waals surface area (Å²) in [6.07, 6.45) is -5.38. The fourth-order valence-corrected chi connectivity index (χ4v) is 1.52. The van der Waals surface area contributed by atoms with Crippen LogP contribution in [0.5, 0.6) is 0 Å². The molecule has 1 heterocycles. The number of anilines is 1. The molecule has 0 spiro atoms. The highest BCUT2D eigenvalue weighted by Crippen LogP contribution is 2.29. The Morgan fingerprint density at radius 2 is 2.00 bits per heavy atom. The standard InChI is InChI=1S/C12H9ClF3N3O3/c13-5-6-21-11(20)17-8-3-1-7(2-4-8)9-18-10(22-19-9)12(14,15)16/h1-4H,5-6H2,(H,17,20). The highest BCUT2D eigenvalue weighted by molar-refractivity contribution is 6.18. The van der Waals surface area contributed by atoms with E-state index in [4.69, 9.17) is 16.3 Å². The second-order valence-electron chi connectivity index (χ2n) is 3.95. The smallest absolute Gasteiger partial charge is 0.448 e. The van der Waals surface area contributed by atoms with E-state index in [0.717, 1.165) is 0 Å². The van der Waals surface area contributed by atoms with Crippen LogP contribution in [-0.4, -0.2) is 28.7 Å². The second kappa shape index (κ2) is 6.65. The molecule has 0 fully saturated rings. The fraction of sp³-hybridized carbons (Fsp3) is 0.250. The van der Waals surface area contributed by atoms with Gasteiger partial charge in [0, 0.05) is 11.3 Å². The van der Waals surface area contributed by atoms with Gasteiger partial charge in [0.2, 0.25) is 5.82 Å². The van der Waals surface area contributed by atoms with Gasteiger partial charge in [-0.3, -0.25) is 5.32 Å². The predicted molar refractivity (Wildman–Crippen MR) is 70.4 cm³/mol. The van der Waals surface area contributed by atoms with Gasteiger partial charge in [-0.25, -0.2) is 4.79 Å². The van der Waals surface area contributed by atoms with Gasteiger partial charge in [0.15, 0.2) is 0 Å². The number of halogens is 4. The minimum Gasteiger partial charge on any atom is -0.448 e. The molecule has 1 aromatic heterocycles. The molecule has 1 N–H and O–H groups in total. The minimum absolute atomic E-state index is 0.0640. The topological polar surface area (TPSA) is 77.3 Å². The number of nitrogens with zero attached hydrogens (tertiary/aromatic N) is 2. The molecule has 0 aliphatic carbocycles. The van der Waals surface area contributed by atoms with Crippen LogP contribution in [0.2, 0.25) is 0 Å². The van der Waals surface area contributed by atoms with Crippen LogP contribution >= 0.6 is 11.6 Å². The maximum atomic E-state index is 12.4. The maximum Gasteiger partial charge on any atom is 0.471 e. The lowest BCUT2D eigenvalue weighted by Crippen LogP contribution is -2.14. The summed E-state index contributed by atoms with van der Waals surface area (Å²) in [5, 5.41) is 5.67. The van der Waals surface area contributed by atoms with Gasteiger partial charge in [0.1, 0.15) is 6.61 Å². The molecule has 0 bridgehead atoms. The first kappa shape index (κ1) is 16.1. The highest BCUT2D eigenvalue weighted by Gasteiger charge is 2.38. The Labute approximate surface area is 127 Å². The lowest BCUT2D eigenvalue weighted by atomic mass is 10.2. The predicted octanol–water partition coefficient (Wildman–Crippen LogP) is 3.54. The number of ether oxygens (including phenoxy) is 1. The number of carbonyl (C=O) groups is 1. The molecule has 22 heavy (non-hydrogen) atoms. The number of carbonyl (C=O) groups excluding carboxylic acids is 1. The number of aromatic nitrogens is 2. The van der Waals surface area contributed by atoms with Crippen LogP contribution in [0.15, 0.2) is 28.8 Å². The van der Waals surface area contributed by atoms with Gasteiger partial charge in [-0.05, 0) is 24.3 Å². The van der Waals surface area contributed by atoms with Gasteiger partial charge in [0.05, 0.1) is 5.88 Å². The normalized spacial score (nSPS) is 11.3. The molecule has 0 saturated heterocycles. The van der Waals surface area contributed by atoms with E-state index in [9.17, 15) is 18.0 Å².